The first kappa shape index (κ1) is 19.3. The summed E-state index contributed by atoms with van der Waals surface area (Å²) in [6, 6.07) is 12.4. The maximum atomic E-state index is 13.2. The molecule has 29 heavy (non-hydrogen) atoms. The van der Waals surface area contributed by atoms with Crippen LogP contribution in [-0.4, -0.2) is 24.1 Å². The number of fused-ring (bicyclic) bond motifs is 1. The first-order valence-electron chi connectivity index (χ1n) is 9.08. The topological polar surface area (TPSA) is 107 Å². The zero-order valence-electron chi connectivity index (χ0n) is 15.4. The second-order valence-electron chi connectivity index (χ2n) is 6.97. The van der Waals surface area contributed by atoms with Crippen molar-refractivity contribution in [3.63, 3.8) is 0 Å². The molecule has 0 unspecified atom stereocenters. The highest BCUT2D eigenvalue weighted by atomic mass is 32.2. The number of hydrogen-bond acceptors (Lipinski definition) is 4. The number of halogens is 1. The Hall–Kier alpha value is -3.04. The molecule has 0 fully saturated rings. The summed E-state index contributed by atoms with van der Waals surface area (Å²) < 4.78 is 37.3. The number of carbonyl (C=O) groups is 1. The largest absolute Gasteiger partial charge is 0.321 e. The van der Waals surface area contributed by atoms with Crippen LogP contribution >= 0.6 is 0 Å². The Kier molecular flexibility index (Phi) is 4.93. The Morgan fingerprint density at radius 3 is 2.45 bits per heavy atom. The summed E-state index contributed by atoms with van der Waals surface area (Å²) in [4.78, 5) is 12.8. The normalized spacial score (nSPS) is 13.3. The van der Waals surface area contributed by atoms with Crippen LogP contribution in [0.4, 0.5) is 10.1 Å². The summed E-state index contributed by atoms with van der Waals surface area (Å²) in [5.74, 6) is -0.943. The monoisotopic (exact) mass is 414 g/mol. The molecule has 1 aliphatic carbocycles. The van der Waals surface area contributed by atoms with Crippen LogP contribution in [0.1, 0.15) is 33.7 Å². The van der Waals surface area contributed by atoms with Crippen LogP contribution in [0.3, 0.4) is 0 Å². The lowest BCUT2D eigenvalue weighted by Crippen LogP contribution is -2.16. The zero-order chi connectivity index (χ0) is 20.6. The van der Waals surface area contributed by atoms with E-state index in [9.17, 15) is 17.6 Å². The van der Waals surface area contributed by atoms with Crippen molar-refractivity contribution in [2.45, 2.75) is 25.0 Å². The average Bonchev–Trinajstić information content (AvgIpc) is 3.25. The second-order valence-corrected chi connectivity index (χ2v) is 8.59. The fourth-order valence-electron chi connectivity index (χ4n) is 3.52. The summed E-state index contributed by atoms with van der Waals surface area (Å²) in [5, 5.41) is 12.3. The number of nitrogens with two attached hydrogens (primary N) is 1. The highest BCUT2D eigenvalue weighted by molar-refractivity contribution is 7.88. The third-order valence-electron chi connectivity index (χ3n) is 4.80. The van der Waals surface area contributed by atoms with Gasteiger partial charge in [0.1, 0.15) is 5.82 Å². The molecule has 7 nitrogen and oxygen atoms in total. The van der Waals surface area contributed by atoms with Gasteiger partial charge < -0.3 is 5.32 Å². The molecule has 150 valence electrons. The van der Waals surface area contributed by atoms with E-state index in [0.29, 0.717) is 22.6 Å². The fraction of sp³-hybridized carbons (Fsp3) is 0.200. The molecule has 3 N–H and O–H groups in total. The number of sulfonamides is 1. The lowest BCUT2D eigenvalue weighted by Gasteiger charge is -2.06. The molecule has 0 spiro atoms. The lowest BCUT2D eigenvalue weighted by atomic mass is 10.2. The SMILES string of the molecule is NS(=O)(=O)Cc1ccc(NC(=O)c2nn(-c3ccc(F)cc3)c3c2CCC3)cc1. The molecule has 4 rings (SSSR count). The van der Waals surface area contributed by atoms with Gasteiger partial charge in [-0.1, -0.05) is 12.1 Å². The number of anilines is 1. The number of carbonyl (C=O) groups excluding carboxylic acids is 1. The maximum absolute atomic E-state index is 13.2. The Balaban J connectivity index is 1.58. The summed E-state index contributed by atoms with van der Waals surface area (Å²) in [7, 11) is -3.61. The smallest absolute Gasteiger partial charge is 0.276 e. The van der Waals surface area contributed by atoms with Crippen molar-refractivity contribution in [1.29, 1.82) is 0 Å². The van der Waals surface area contributed by atoms with Crippen molar-refractivity contribution in [2.24, 2.45) is 5.14 Å². The molecule has 0 saturated carbocycles. The first-order valence-corrected chi connectivity index (χ1v) is 10.8. The van der Waals surface area contributed by atoms with Gasteiger partial charge in [0.15, 0.2) is 5.69 Å². The number of amides is 1. The number of aromatic nitrogens is 2. The van der Waals surface area contributed by atoms with Gasteiger partial charge in [0.25, 0.3) is 5.91 Å². The maximum Gasteiger partial charge on any atom is 0.276 e. The highest BCUT2D eigenvalue weighted by Gasteiger charge is 2.27. The Morgan fingerprint density at radius 1 is 1.10 bits per heavy atom. The van der Waals surface area contributed by atoms with E-state index in [-0.39, 0.29) is 17.5 Å². The van der Waals surface area contributed by atoms with Crippen LogP contribution in [-0.2, 0) is 28.6 Å². The zero-order valence-corrected chi connectivity index (χ0v) is 16.2. The summed E-state index contributed by atoms with van der Waals surface area (Å²) >= 11 is 0. The molecule has 3 aromatic rings. The van der Waals surface area contributed by atoms with Crippen LogP contribution in [0, 0.1) is 5.82 Å². The third-order valence-corrected chi connectivity index (χ3v) is 5.53. The van der Waals surface area contributed by atoms with Gasteiger partial charge >= 0.3 is 0 Å². The van der Waals surface area contributed by atoms with E-state index in [4.69, 9.17) is 5.14 Å². The van der Waals surface area contributed by atoms with Gasteiger partial charge in [0.05, 0.1) is 11.4 Å². The van der Waals surface area contributed by atoms with E-state index in [1.165, 1.54) is 12.1 Å². The van der Waals surface area contributed by atoms with Gasteiger partial charge in [-0.25, -0.2) is 22.6 Å². The van der Waals surface area contributed by atoms with Crippen molar-refractivity contribution in [1.82, 2.24) is 9.78 Å². The number of nitrogens with zero attached hydrogens (tertiary/aromatic N) is 2. The first-order chi connectivity index (χ1) is 13.8. The number of hydrogen-bond donors (Lipinski definition) is 2. The van der Waals surface area contributed by atoms with Gasteiger partial charge in [0, 0.05) is 16.9 Å². The van der Waals surface area contributed by atoms with Crippen LogP contribution in [0.5, 0.6) is 0 Å². The summed E-state index contributed by atoms with van der Waals surface area (Å²) in [5.41, 5.74) is 3.97. The van der Waals surface area contributed by atoms with Gasteiger partial charge in [-0.05, 0) is 61.2 Å². The van der Waals surface area contributed by atoms with E-state index in [2.05, 4.69) is 10.4 Å². The molecule has 9 heteroatoms. The molecule has 1 aliphatic rings. The van der Waals surface area contributed by atoms with Crippen LogP contribution < -0.4 is 10.5 Å². The molecule has 0 atom stereocenters. The molecule has 0 radical (unpaired) electrons. The number of rotatable bonds is 5. The van der Waals surface area contributed by atoms with Gasteiger partial charge in [0.2, 0.25) is 10.0 Å². The van der Waals surface area contributed by atoms with Crippen molar-refractivity contribution < 1.29 is 17.6 Å². The van der Waals surface area contributed by atoms with Crippen molar-refractivity contribution in [3.8, 4) is 5.69 Å². The lowest BCUT2D eigenvalue weighted by molar-refractivity contribution is 0.102. The number of nitrogens with one attached hydrogen (secondary N) is 1. The van der Waals surface area contributed by atoms with Gasteiger partial charge in [-0.15, -0.1) is 0 Å². The highest BCUT2D eigenvalue weighted by Crippen LogP contribution is 2.28. The predicted octanol–water partition coefficient (Wildman–Crippen LogP) is 2.54. The van der Waals surface area contributed by atoms with Crippen LogP contribution in [0.15, 0.2) is 48.5 Å². The van der Waals surface area contributed by atoms with E-state index >= 15 is 0 Å². The number of primary sulfonamides is 1. The fourth-order valence-corrected chi connectivity index (χ4v) is 4.18. The second kappa shape index (κ2) is 7.41. The Morgan fingerprint density at radius 2 is 1.79 bits per heavy atom. The van der Waals surface area contributed by atoms with Crippen molar-refractivity contribution in [2.75, 3.05) is 5.32 Å². The predicted molar refractivity (Wildman–Crippen MR) is 107 cm³/mol. The summed E-state index contributed by atoms with van der Waals surface area (Å²) in [6.45, 7) is 0. The minimum Gasteiger partial charge on any atom is -0.321 e. The molecule has 1 aromatic heterocycles. The number of benzene rings is 2. The van der Waals surface area contributed by atoms with Gasteiger partial charge in [-0.3, -0.25) is 4.79 Å². The quantitative estimate of drug-likeness (QED) is 0.669. The average molecular weight is 414 g/mol. The van der Waals surface area contributed by atoms with Crippen LogP contribution in [0.2, 0.25) is 0 Å². The molecule has 0 aliphatic heterocycles. The van der Waals surface area contributed by atoms with Crippen molar-refractivity contribution in [3.05, 3.63) is 76.9 Å². The van der Waals surface area contributed by atoms with E-state index in [1.807, 2.05) is 0 Å². The molecule has 0 bridgehead atoms. The van der Waals surface area contributed by atoms with Crippen LogP contribution in [0.25, 0.3) is 5.69 Å². The molecule has 1 amide bonds. The standard InChI is InChI=1S/C20H19FN4O3S/c21-14-6-10-16(11-7-14)25-18-3-1-2-17(18)19(24-25)20(26)23-15-8-4-13(5-9-15)12-29(22,27)28/h4-11H,1-3,12H2,(H,23,26)(H2,22,27,28). The molecule has 2 aromatic carbocycles. The Labute approximate surface area is 167 Å². The van der Waals surface area contributed by atoms with E-state index in [0.717, 1.165) is 30.5 Å². The minimum absolute atomic E-state index is 0.267. The minimum atomic E-state index is -3.61. The molecular formula is C20H19FN4O3S. The Bertz CT molecular complexity index is 1170. The van der Waals surface area contributed by atoms with E-state index < -0.39 is 10.0 Å². The molecular weight excluding hydrogens is 395 g/mol. The molecule has 0 saturated heterocycles. The van der Waals surface area contributed by atoms with Crippen molar-refractivity contribution >= 4 is 21.6 Å². The van der Waals surface area contributed by atoms with Gasteiger partial charge in [-0.2, -0.15) is 5.10 Å². The van der Waals surface area contributed by atoms with E-state index in [1.54, 1.807) is 41.1 Å². The third kappa shape index (κ3) is 4.20. The molecule has 1 heterocycles. The summed E-state index contributed by atoms with van der Waals surface area (Å²) in [6.07, 6.45) is 2.48.